The van der Waals surface area contributed by atoms with Crippen LogP contribution in [-0.4, -0.2) is 104 Å². The number of fused-ring (bicyclic) bond motifs is 1. The van der Waals surface area contributed by atoms with Crippen molar-refractivity contribution >= 4 is 43.6 Å². The molecule has 1 unspecified atom stereocenters. The lowest BCUT2D eigenvalue weighted by Crippen LogP contribution is -2.54. The van der Waals surface area contributed by atoms with E-state index in [0.717, 1.165) is 63.3 Å². The van der Waals surface area contributed by atoms with E-state index in [4.69, 9.17) is 24.2 Å². The number of aromatic amines is 2. The topological polar surface area (TPSA) is 193 Å². The number of carbonyl (C=O) groups is 4. The number of hydrogen-bond donors (Lipinski definition) is 5. The van der Waals surface area contributed by atoms with Crippen molar-refractivity contribution in [3.63, 3.8) is 0 Å². The molecule has 6 rings (SSSR count). The first-order valence-corrected chi connectivity index (χ1v) is 22.9. The number of aromatic nitrogens is 4. The molecule has 5 aromatic rings. The van der Waals surface area contributed by atoms with E-state index in [2.05, 4.69) is 87.5 Å². The number of benzene rings is 3. The number of nitrogens with one attached hydrogen (secondary N) is 5. The Labute approximate surface area is 352 Å². The maximum Gasteiger partial charge on any atom is 0.407 e. The van der Waals surface area contributed by atoms with Crippen LogP contribution >= 0.6 is 0 Å². The minimum Gasteiger partial charge on any atom is -0.453 e. The summed E-state index contributed by atoms with van der Waals surface area (Å²) >= 11 is 0. The highest BCUT2D eigenvalue weighted by Crippen LogP contribution is 2.37. The standard InChI is InChI=1S/C44H55N8O7Si/c1-25(2)37(50-43(55)58-5)41(53)49-35(24-60(7)8)39-45-23-34(48-39)32-20-19-29(30-12-9-10-13-31(30)32)27-15-17-28(18-16-27)33-22-46-40(47-33)36-14-11-21-52(36)42(54)38(26(3)57-4)51-44(56)59-6/h9-10,12-13,15-20,22-23,25-26,35-38H,11,14,21,24H2,1-8H3,(H,45,48)(H,46,47)(H,49,53)(H,50,55)(H,51,56)/t26?,35-,36-,37-,38-/m0/s1. The van der Waals surface area contributed by atoms with Gasteiger partial charge in [-0.25, -0.2) is 19.6 Å². The highest BCUT2D eigenvalue weighted by molar-refractivity contribution is 6.55. The average molecular weight is 836 g/mol. The van der Waals surface area contributed by atoms with Crippen molar-refractivity contribution in [2.45, 2.75) is 83.0 Å². The molecule has 3 aromatic carbocycles. The number of imidazole rings is 2. The summed E-state index contributed by atoms with van der Waals surface area (Å²) in [7, 11) is 3.25. The number of nitrogens with zero attached hydrogens (tertiary/aromatic N) is 3. The van der Waals surface area contributed by atoms with Crippen molar-refractivity contribution in [1.29, 1.82) is 0 Å². The molecule has 15 nitrogen and oxygen atoms in total. The first kappa shape index (κ1) is 43.6. The number of amides is 4. The first-order chi connectivity index (χ1) is 28.8. The second-order valence-electron chi connectivity index (χ2n) is 15.7. The summed E-state index contributed by atoms with van der Waals surface area (Å²) in [6, 6.07) is 19.2. The van der Waals surface area contributed by atoms with Crippen LogP contribution in [0.5, 0.6) is 0 Å². The van der Waals surface area contributed by atoms with E-state index in [0.29, 0.717) is 18.2 Å². The third-order valence-corrected chi connectivity index (χ3v) is 12.2. The molecule has 4 amide bonds. The number of alkyl carbamates (subject to hydrolysis) is 2. The van der Waals surface area contributed by atoms with Gasteiger partial charge < -0.3 is 45.0 Å². The zero-order valence-corrected chi connectivity index (χ0v) is 36.4. The molecule has 2 aromatic heterocycles. The number of rotatable bonds is 15. The molecule has 0 saturated carbocycles. The largest absolute Gasteiger partial charge is 0.453 e. The Hall–Kier alpha value is -6.00. The number of ether oxygens (including phenoxy) is 3. The summed E-state index contributed by atoms with van der Waals surface area (Å²) < 4.78 is 14.9. The van der Waals surface area contributed by atoms with E-state index in [1.807, 2.05) is 32.2 Å². The van der Waals surface area contributed by atoms with Gasteiger partial charge in [0.25, 0.3) is 0 Å². The second-order valence-corrected chi connectivity index (χ2v) is 18.5. The molecular weight excluding hydrogens is 781 g/mol. The molecule has 1 fully saturated rings. The van der Waals surface area contributed by atoms with Crippen LogP contribution in [0.4, 0.5) is 9.59 Å². The van der Waals surface area contributed by atoms with Crippen LogP contribution < -0.4 is 16.0 Å². The van der Waals surface area contributed by atoms with Gasteiger partial charge in [0.05, 0.1) is 56.2 Å². The predicted molar refractivity (Wildman–Crippen MR) is 231 cm³/mol. The highest BCUT2D eigenvalue weighted by atomic mass is 28.3. The van der Waals surface area contributed by atoms with Gasteiger partial charge in [0.1, 0.15) is 23.7 Å². The van der Waals surface area contributed by atoms with Gasteiger partial charge in [0.15, 0.2) is 0 Å². The van der Waals surface area contributed by atoms with Gasteiger partial charge >= 0.3 is 12.2 Å². The van der Waals surface area contributed by atoms with Crippen LogP contribution in [0.2, 0.25) is 19.1 Å². The van der Waals surface area contributed by atoms with E-state index < -0.39 is 39.2 Å². The van der Waals surface area contributed by atoms with Gasteiger partial charge in [-0.1, -0.05) is 87.6 Å². The fourth-order valence-electron chi connectivity index (χ4n) is 7.72. The van der Waals surface area contributed by atoms with Gasteiger partial charge in [-0.15, -0.1) is 0 Å². The van der Waals surface area contributed by atoms with Crippen LogP contribution in [-0.2, 0) is 23.8 Å². The van der Waals surface area contributed by atoms with Crippen LogP contribution in [0.3, 0.4) is 0 Å². The Balaban J connectivity index is 1.21. The van der Waals surface area contributed by atoms with Crippen LogP contribution in [0.15, 0.2) is 73.1 Å². The van der Waals surface area contributed by atoms with Crippen LogP contribution in [0.1, 0.15) is 57.3 Å². The molecule has 0 bridgehead atoms. The molecule has 0 spiro atoms. The Morgan fingerprint density at radius 3 is 2.03 bits per heavy atom. The minimum atomic E-state index is -0.906. The Morgan fingerprint density at radius 1 is 0.783 bits per heavy atom. The summed E-state index contributed by atoms with van der Waals surface area (Å²) in [4.78, 5) is 69.4. The normalized spacial score (nSPS) is 16.0. The lowest BCUT2D eigenvalue weighted by molar-refractivity contribution is -0.137. The van der Waals surface area contributed by atoms with Crippen molar-refractivity contribution < 1.29 is 33.4 Å². The molecule has 60 heavy (non-hydrogen) atoms. The molecule has 1 aliphatic rings. The van der Waals surface area contributed by atoms with Gasteiger partial charge in [0.2, 0.25) is 11.8 Å². The Bertz CT molecular complexity index is 2290. The number of likely N-dealkylation sites (tertiary alicyclic amines) is 1. The van der Waals surface area contributed by atoms with E-state index >= 15 is 0 Å². The third-order valence-electron chi connectivity index (χ3n) is 11.0. The maximum absolute atomic E-state index is 13.7. The summed E-state index contributed by atoms with van der Waals surface area (Å²) in [5.41, 5.74) is 5.70. The molecule has 0 aliphatic carbocycles. The summed E-state index contributed by atoms with van der Waals surface area (Å²) in [5.74, 6) is 0.640. The van der Waals surface area contributed by atoms with E-state index in [1.165, 1.54) is 21.3 Å². The summed E-state index contributed by atoms with van der Waals surface area (Å²) in [6.07, 6.45) is 3.22. The predicted octanol–water partition coefficient (Wildman–Crippen LogP) is 7.00. The number of hydrogen-bond acceptors (Lipinski definition) is 9. The quantitative estimate of drug-likeness (QED) is 0.0691. The molecule has 1 saturated heterocycles. The zero-order chi connectivity index (χ0) is 43.1. The van der Waals surface area contributed by atoms with Crippen molar-refractivity contribution in [1.82, 2.24) is 40.8 Å². The van der Waals surface area contributed by atoms with Gasteiger partial charge in [0, 0.05) is 28.0 Å². The first-order valence-electron chi connectivity index (χ1n) is 20.2. The third kappa shape index (κ3) is 9.71. The molecule has 317 valence electrons. The zero-order valence-electron chi connectivity index (χ0n) is 35.4. The Morgan fingerprint density at radius 2 is 1.40 bits per heavy atom. The molecule has 16 heteroatoms. The fraction of sp³-hybridized carbons (Fsp3) is 0.409. The van der Waals surface area contributed by atoms with Crippen molar-refractivity contribution in [2.24, 2.45) is 5.92 Å². The minimum absolute atomic E-state index is 0.153. The Kier molecular flexibility index (Phi) is 14.1. The van der Waals surface area contributed by atoms with Crippen molar-refractivity contribution in [2.75, 3.05) is 27.9 Å². The van der Waals surface area contributed by atoms with E-state index in [1.54, 1.807) is 18.0 Å². The van der Waals surface area contributed by atoms with Crippen molar-refractivity contribution in [3.05, 3.63) is 84.7 Å². The monoisotopic (exact) mass is 835 g/mol. The smallest absolute Gasteiger partial charge is 0.407 e. The second kappa shape index (κ2) is 19.4. The van der Waals surface area contributed by atoms with Crippen LogP contribution in [0.25, 0.3) is 44.4 Å². The summed E-state index contributed by atoms with van der Waals surface area (Å²) in [6.45, 7) is 10.4. The van der Waals surface area contributed by atoms with Crippen LogP contribution in [0, 0.1) is 5.92 Å². The molecule has 1 radical (unpaired) electrons. The molecule has 1 aliphatic heterocycles. The average Bonchev–Trinajstić information content (AvgIpc) is 4.05. The summed E-state index contributed by atoms with van der Waals surface area (Å²) in [5, 5.41) is 10.5. The maximum atomic E-state index is 13.7. The number of H-pyrrole nitrogens is 2. The lowest BCUT2D eigenvalue weighted by atomic mass is 9.93. The van der Waals surface area contributed by atoms with Crippen molar-refractivity contribution in [3.8, 4) is 33.6 Å². The number of methoxy groups -OCH3 is 3. The van der Waals surface area contributed by atoms with E-state index in [-0.39, 0.29) is 29.8 Å². The highest BCUT2D eigenvalue weighted by Gasteiger charge is 2.39. The molecule has 3 heterocycles. The van der Waals surface area contributed by atoms with Gasteiger partial charge in [-0.05, 0) is 59.2 Å². The molecular formula is C44H55N8O7Si. The lowest BCUT2D eigenvalue weighted by Gasteiger charge is -2.30. The molecule has 5 atom stereocenters. The van der Waals surface area contributed by atoms with Gasteiger partial charge in [-0.2, -0.15) is 0 Å². The fourth-order valence-corrected chi connectivity index (χ4v) is 8.83. The van der Waals surface area contributed by atoms with E-state index in [9.17, 15) is 19.2 Å². The number of carbonyl (C=O) groups excluding carboxylic acids is 4. The SMILES string of the molecule is COC(=O)N[C@H](C(=O)N[C@@H](C[Si](C)C)c1ncc(-c2ccc(-c3ccc(-c4cnc([C@@H]5CCCN5C(=O)[C@@H](NC(=O)OC)C(C)OC)[nH]4)cc3)c3ccccc23)[nH]1)C(C)C. The molecule has 5 N–H and O–H groups in total. The van der Waals surface area contributed by atoms with Gasteiger partial charge in [-0.3, -0.25) is 9.59 Å².